The monoisotopic (exact) mass is 484 g/mol. The van der Waals surface area contributed by atoms with Crippen molar-refractivity contribution in [2.24, 2.45) is 5.41 Å². The molecule has 1 N–H and O–H groups in total. The van der Waals surface area contributed by atoms with E-state index in [1.54, 1.807) is 37.1 Å². The summed E-state index contributed by atoms with van der Waals surface area (Å²) in [6.45, 7) is 3.71. The molecular formula is C27H24N4O5. The van der Waals surface area contributed by atoms with E-state index in [1.807, 2.05) is 43.3 Å². The fraction of sp³-hybridized carbons (Fsp3) is 0.222. The maximum Gasteiger partial charge on any atom is 0.335 e. The van der Waals surface area contributed by atoms with E-state index < -0.39 is 34.2 Å². The maximum absolute atomic E-state index is 14.4. The van der Waals surface area contributed by atoms with Gasteiger partial charge < -0.3 is 4.90 Å². The number of nitro benzene ring substituents is 1. The molecule has 5 rings (SSSR count). The van der Waals surface area contributed by atoms with Gasteiger partial charge in [-0.05, 0) is 42.7 Å². The third-order valence-corrected chi connectivity index (χ3v) is 7.10. The normalized spacial score (nSPS) is 21.4. The van der Waals surface area contributed by atoms with Crippen LogP contribution >= 0.6 is 0 Å². The summed E-state index contributed by atoms with van der Waals surface area (Å²) in [5, 5.41) is 13.9. The molecule has 1 saturated heterocycles. The minimum Gasteiger partial charge on any atom is -0.366 e. The molecule has 3 aromatic carbocycles. The Bertz CT molecular complexity index is 1440. The van der Waals surface area contributed by atoms with E-state index in [4.69, 9.17) is 0 Å². The van der Waals surface area contributed by atoms with E-state index in [9.17, 15) is 24.5 Å². The second-order valence-corrected chi connectivity index (χ2v) is 9.33. The molecule has 2 aliphatic heterocycles. The molecular weight excluding hydrogens is 460 g/mol. The lowest BCUT2D eigenvalue weighted by Gasteiger charge is -2.51. The lowest BCUT2D eigenvalue weighted by Crippen LogP contribution is -2.69. The molecule has 0 bridgehead atoms. The third kappa shape index (κ3) is 3.35. The first-order valence-corrected chi connectivity index (χ1v) is 11.5. The number of amides is 4. The predicted molar refractivity (Wildman–Crippen MR) is 134 cm³/mol. The highest BCUT2D eigenvalue weighted by atomic mass is 16.6. The molecule has 9 nitrogen and oxygen atoms in total. The highest BCUT2D eigenvalue weighted by Gasteiger charge is 2.62. The SMILES string of the molecule is Cc1ccc(N2C(=O)NC(=O)C3(Cc4cc([N+](=O)[O-])ccc4N(C)C3c3ccccc3)C2=O)c(C)c1. The fourth-order valence-corrected chi connectivity index (χ4v) is 5.51. The van der Waals surface area contributed by atoms with Crippen molar-refractivity contribution >= 4 is 34.9 Å². The highest BCUT2D eigenvalue weighted by Crippen LogP contribution is 2.52. The number of carbonyl (C=O) groups excluding carboxylic acids is 3. The first-order chi connectivity index (χ1) is 17.1. The Labute approximate surface area is 207 Å². The second-order valence-electron chi connectivity index (χ2n) is 9.33. The number of benzene rings is 3. The van der Waals surface area contributed by atoms with E-state index in [0.29, 0.717) is 28.1 Å². The first kappa shape index (κ1) is 23.2. The number of aryl methyl sites for hydroxylation is 2. The minimum atomic E-state index is -1.75. The minimum absolute atomic E-state index is 0.104. The fourth-order valence-electron chi connectivity index (χ4n) is 5.51. The number of nitro groups is 1. The summed E-state index contributed by atoms with van der Waals surface area (Å²) in [6, 6.07) is 17.3. The molecule has 182 valence electrons. The Hall–Kier alpha value is -4.53. The van der Waals surface area contributed by atoms with Gasteiger partial charge in [-0.2, -0.15) is 0 Å². The van der Waals surface area contributed by atoms with Crippen LogP contribution in [-0.2, 0) is 16.0 Å². The van der Waals surface area contributed by atoms with Gasteiger partial charge in [0.05, 0.1) is 16.7 Å². The predicted octanol–water partition coefficient (Wildman–Crippen LogP) is 4.21. The van der Waals surface area contributed by atoms with Crippen molar-refractivity contribution in [3.63, 3.8) is 0 Å². The summed E-state index contributed by atoms with van der Waals surface area (Å²) < 4.78 is 0. The van der Waals surface area contributed by atoms with E-state index in [-0.39, 0.29) is 12.1 Å². The van der Waals surface area contributed by atoms with E-state index >= 15 is 0 Å². The van der Waals surface area contributed by atoms with Gasteiger partial charge in [-0.25, -0.2) is 9.69 Å². The zero-order valence-corrected chi connectivity index (χ0v) is 20.0. The number of barbiturate groups is 1. The van der Waals surface area contributed by atoms with Crippen molar-refractivity contribution in [3.8, 4) is 0 Å². The molecule has 0 radical (unpaired) electrons. The molecule has 2 heterocycles. The molecule has 3 aromatic rings. The topological polar surface area (TPSA) is 113 Å². The molecule has 2 unspecified atom stereocenters. The van der Waals surface area contributed by atoms with Crippen molar-refractivity contribution in [2.75, 3.05) is 16.8 Å². The first-order valence-electron chi connectivity index (χ1n) is 11.5. The van der Waals surface area contributed by atoms with Gasteiger partial charge in [-0.15, -0.1) is 0 Å². The van der Waals surface area contributed by atoms with Crippen LogP contribution in [0.5, 0.6) is 0 Å². The summed E-state index contributed by atoms with van der Waals surface area (Å²) >= 11 is 0. The molecule has 9 heteroatoms. The van der Waals surface area contributed by atoms with E-state index in [1.165, 1.54) is 12.1 Å². The van der Waals surface area contributed by atoms with Crippen LogP contribution in [0.25, 0.3) is 0 Å². The quantitative estimate of drug-likeness (QED) is 0.338. The zero-order chi connectivity index (χ0) is 25.8. The van der Waals surface area contributed by atoms with Gasteiger partial charge in [0.25, 0.3) is 11.6 Å². The van der Waals surface area contributed by atoms with Gasteiger partial charge in [0.15, 0.2) is 5.41 Å². The van der Waals surface area contributed by atoms with E-state index in [0.717, 1.165) is 10.5 Å². The number of imide groups is 2. The van der Waals surface area contributed by atoms with Crippen LogP contribution in [0.2, 0.25) is 0 Å². The summed E-state index contributed by atoms with van der Waals surface area (Å²) in [7, 11) is 1.75. The number of nitrogens with zero attached hydrogens (tertiary/aromatic N) is 3. The van der Waals surface area contributed by atoms with E-state index in [2.05, 4.69) is 5.32 Å². The largest absolute Gasteiger partial charge is 0.366 e. The standard InChI is InChI=1S/C27H24N4O5/c1-16-9-11-21(17(2)13-16)30-25(33)27(24(32)28-26(30)34)15-19-14-20(31(35)36)10-12-22(19)29(3)23(27)18-7-5-4-6-8-18/h4-14,23H,15H2,1-3H3,(H,28,32,34). The summed E-state index contributed by atoms with van der Waals surface area (Å²) in [5.41, 5.74) is 2.04. The van der Waals surface area contributed by atoms with Crippen molar-refractivity contribution in [1.82, 2.24) is 5.32 Å². The molecule has 1 fully saturated rings. The number of fused-ring (bicyclic) bond motifs is 1. The van der Waals surface area contributed by atoms with Crippen LogP contribution < -0.4 is 15.1 Å². The van der Waals surface area contributed by atoms with Gasteiger partial charge in [0.1, 0.15) is 0 Å². The van der Waals surface area contributed by atoms with Crippen molar-refractivity contribution < 1.29 is 19.3 Å². The number of nitrogens with one attached hydrogen (secondary N) is 1. The van der Waals surface area contributed by atoms with Gasteiger partial charge in [-0.3, -0.25) is 25.0 Å². The van der Waals surface area contributed by atoms with Crippen LogP contribution in [0.3, 0.4) is 0 Å². The molecule has 0 aromatic heterocycles. The lowest BCUT2D eigenvalue weighted by atomic mass is 9.66. The molecule has 2 atom stereocenters. The number of rotatable bonds is 3. The van der Waals surface area contributed by atoms with Crippen molar-refractivity contribution in [2.45, 2.75) is 26.3 Å². The van der Waals surface area contributed by atoms with Gasteiger partial charge in [0.2, 0.25) is 5.91 Å². The number of anilines is 2. The zero-order valence-electron chi connectivity index (χ0n) is 20.0. The molecule has 4 amide bonds. The van der Waals surface area contributed by atoms with Crippen molar-refractivity contribution in [3.05, 3.63) is 99.1 Å². The average molecular weight is 485 g/mol. The molecule has 1 spiro atoms. The Morgan fingerprint density at radius 1 is 0.972 bits per heavy atom. The Morgan fingerprint density at radius 2 is 1.67 bits per heavy atom. The molecule has 0 saturated carbocycles. The van der Waals surface area contributed by atoms with Crippen LogP contribution in [0.1, 0.15) is 28.3 Å². The van der Waals surface area contributed by atoms with Crippen molar-refractivity contribution in [1.29, 1.82) is 0 Å². The maximum atomic E-state index is 14.4. The van der Waals surface area contributed by atoms with Gasteiger partial charge >= 0.3 is 6.03 Å². The molecule has 2 aliphatic rings. The van der Waals surface area contributed by atoms with Crippen LogP contribution in [0, 0.1) is 29.4 Å². The van der Waals surface area contributed by atoms with Crippen LogP contribution in [0.4, 0.5) is 21.9 Å². The number of hydrogen-bond donors (Lipinski definition) is 1. The number of hydrogen-bond acceptors (Lipinski definition) is 6. The summed E-state index contributed by atoms with van der Waals surface area (Å²) in [4.78, 5) is 55.0. The molecule has 0 aliphatic carbocycles. The lowest BCUT2D eigenvalue weighted by molar-refractivity contribution is -0.384. The molecule has 36 heavy (non-hydrogen) atoms. The third-order valence-electron chi connectivity index (χ3n) is 7.10. The highest BCUT2D eigenvalue weighted by molar-refractivity contribution is 6.31. The van der Waals surface area contributed by atoms with Crippen LogP contribution in [-0.4, -0.2) is 29.8 Å². The van der Waals surface area contributed by atoms with Gasteiger partial charge in [-0.1, -0.05) is 48.0 Å². The number of carbonyl (C=O) groups is 3. The Kier molecular flexibility index (Phi) is 5.35. The number of non-ortho nitro benzene ring substituents is 1. The summed E-state index contributed by atoms with van der Waals surface area (Å²) in [5.74, 6) is -1.39. The smallest absolute Gasteiger partial charge is 0.335 e. The Balaban J connectivity index is 1.75. The summed E-state index contributed by atoms with van der Waals surface area (Å²) in [6.07, 6.45) is -0.104. The Morgan fingerprint density at radius 3 is 2.33 bits per heavy atom. The average Bonchev–Trinajstić information content (AvgIpc) is 2.84. The van der Waals surface area contributed by atoms with Gasteiger partial charge in [0, 0.05) is 31.3 Å². The number of urea groups is 1. The van der Waals surface area contributed by atoms with Crippen LogP contribution in [0.15, 0.2) is 66.7 Å². The second kappa shape index (κ2) is 8.30.